The van der Waals surface area contributed by atoms with E-state index >= 15 is 0 Å². The summed E-state index contributed by atoms with van der Waals surface area (Å²) >= 11 is 0. The van der Waals surface area contributed by atoms with Crippen LogP contribution in [0, 0.1) is 5.92 Å². The Bertz CT molecular complexity index is 246. The van der Waals surface area contributed by atoms with E-state index in [9.17, 15) is 0 Å². The van der Waals surface area contributed by atoms with Gasteiger partial charge in [-0.2, -0.15) is 0 Å². The molecule has 66 valence electrons. The molecule has 0 aromatic heterocycles. The first-order chi connectivity index (χ1) is 5.61. The van der Waals surface area contributed by atoms with Crippen LogP contribution in [0.2, 0.25) is 0 Å². The van der Waals surface area contributed by atoms with Crippen molar-refractivity contribution < 1.29 is 0 Å². The summed E-state index contributed by atoms with van der Waals surface area (Å²) in [6.07, 6.45) is 0.957. The van der Waals surface area contributed by atoms with Crippen molar-refractivity contribution in [3.63, 3.8) is 0 Å². The fraction of sp³-hybridized carbons (Fsp3) is 0.400. The number of benzene rings is 1. The smallest absolute Gasteiger partial charge is 0.0367 e. The molecule has 0 aliphatic rings. The number of anilines is 2. The third-order valence-electron chi connectivity index (χ3n) is 1.86. The van der Waals surface area contributed by atoms with Gasteiger partial charge < -0.3 is 11.5 Å². The molecule has 1 rings (SSSR count). The molecule has 0 aliphatic heterocycles. The van der Waals surface area contributed by atoms with E-state index in [2.05, 4.69) is 13.8 Å². The van der Waals surface area contributed by atoms with E-state index < -0.39 is 0 Å². The second-order valence-electron chi connectivity index (χ2n) is 3.51. The van der Waals surface area contributed by atoms with Crippen LogP contribution in [0.3, 0.4) is 0 Å². The largest absolute Gasteiger partial charge is 0.398 e. The molecule has 2 heteroatoms. The van der Waals surface area contributed by atoms with Crippen LogP contribution in [0.15, 0.2) is 18.2 Å². The van der Waals surface area contributed by atoms with Gasteiger partial charge in [0.15, 0.2) is 0 Å². The molecule has 4 N–H and O–H groups in total. The van der Waals surface area contributed by atoms with Gasteiger partial charge in [0, 0.05) is 11.4 Å². The monoisotopic (exact) mass is 164 g/mol. The van der Waals surface area contributed by atoms with Crippen LogP contribution in [0.5, 0.6) is 0 Å². The van der Waals surface area contributed by atoms with Gasteiger partial charge in [0.25, 0.3) is 0 Å². The highest BCUT2D eigenvalue weighted by molar-refractivity contribution is 5.61. The quantitative estimate of drug-likeness (QED) is 0.657. The maximum atomic E-state index is 5.79. The summed E-state index contributed by atoms with van der Waals surface area (Å²) in [6, 6.07) is 5.68. The molecule has 0 fully saturated rings. The second kappa shape index (κ2) is 3.48. The zero-order valence-electron chi connectivity index (χ0n) is 7.67. The Labute approximate surface area is 73.6 Å². The van der Waals surface area contributed by atoms with Gasteiger partial charge in [-0.05, 0) is 30.0 Å². The normalized spacial score (nSPS) is 10.6. The van der Waals surface area contributed by atoms with Gasteiger partial charge >= 0.3 is 0 Å². The van der Waals surface area contributed by atoms with Crippen LogP contribution < -0.4 is 11.5 Å². The van der Waals surface area contributed by atoms with Crippen molar-refractivity contribution >= 4 is 11.4 Å². The molecule has 0 saturated carbocycles. The first kappa shape index (κ1) is 8.91. The van der Waals surface area contributed by atoms with Crippen LogP contribution in [-0.2, 0) is 6.42 Å². The van der Waals surface area contributed by atoms with E-state index in [0.29, 0.717) is 5.92 Å². The minimum absolute atomic E-state index is 0.594. The lowest BCUT2D eigenvalue weighted by Crippen LogP contribution is -2.03. The van der Waals surface area contributed by atoms with Gasteiger partial charge in [-0.25, -0.2) is 0 Å². The lowest BCUT2D eigenvalue weighted by atomic mass is 10.00. The standard InChI is InChI=1S/C10H16N2/c1-7(2)6-8-9(11)4-3-5-10(8)12/h3-5,7H,6,11-12H2,1-2H3. The van der Waals surface area contributed by atoms with Gasteiger partial charge in [0.05, 0.1) is 0 Å². The van der Waals surface area contributed by atoms with Crippen LogP contribution in [0.4, 0.5) is 11.4 Å². The van der Waals surface area contributed by atoms with Crippen molar-refractivity contribution in [1.82, 2.24) is 0 Å². The Kier molecular flexibility index (Phi) is 2.58. The van der Waals surface area contributed by atoms with Crippen LogP contribution in [-0.4, -0.2) is 0 Å². The van der Waals surface area contributed by atoms with Crippen molar-refractivity contribution in [3.05, 3.63) is 23.8 Å². The average molecular weight is 164 g/mol. The third-order valence-corrected chi connectivity index (χ3v) is 1.86. The first-order valence-electron chi connectivity index (χ1n) is 4.24. The first-order valence-corrected chi connectivity index (χ1v) is 4.24. The van der Waals surface area contributed by atoms with Crippen molar-refractivity contribution in [2.45, 2.75) is 20.3 Å². The highest BCUT2D eigenvalue weighted by Gasteiger charge is 2.04. The van der Waals surface area contributed by atoms with Crippen LogP contribution in [0.25, 0.3) is 0 Å². The van der Waals surface area contributed by atoms with E-state index in [4.69, 9.17) is 11.5 Å². The molecular formula is C10H16N2. The molecule has 0 saturated heterocycles. The Hall–Kier alpha value is -1.18. The summed E-state index contributed by atoms with van der Waals surface area (Å²) in [4.78, 5) is 0. The molecular weight excluding hydrogens is 148 g/mol. The van der Waals surface area contributed by atoms with E-state index in [1.165, 1.54) is 0 Å². The molecule has 0 amide bonds. The minimum atomic E-state index is 0.594. The van der Waals surface area contributed by atoms with Gasteiger partial charge in [0.2, 0.25) is 0 Å². The third kappa shape index (κ3) is 1.91. The number of hydrogen-bond acceptors (Lipinski definition) is 2. The highest BCUT2D eigenvalue weighted by atomic mass is 14.6. The molecule has 0 spiro atoms. The summed E-state index contributed by atoms with van der Waals surface area (Å²) in [5.41, 5.74) is 14.3. The summed E-state index contributed by atoms with van der Waals surface area (Å²) in [5.74, 6) is 0.594. The molecule has 12 heavy (non-hydrogen) atoms. The topological polar surface area (TPSA) is 52.0 Å². The number of nitrogen functional groups attached to an aromatic ring is 2. The summed E-state index contributed by atoms with van der Waals surface area (Å²) in [7, 11) is 0. The highest BCUT2D eigenvalue weighted by Crippen LogP contribution is 2.22. The lowest BCUT2D eigenvalue weighted by Gasteiger charge is -2.10. The predicted octanol–water partition coefficient (Wildman–Crippen LogP) is 2.05. The molecule has 0 heterocycles. The molecule has 0 atom stereocenters. The molecule has 1 aromatic rings. The fourth-order valence-electron chi connectivity index (χ4n) is 1.27. The Morgan fingerprint density at radius 1 is 1.17 bits per heavy atom. The second-order valence-corrected chi connectivity index (χ2v) is 3.51. The van der Waals surface area contributed by atoms with Crippen molar-refractivity contribution in [2.24, 2.45) is 5.92 Å². The molecule has 0 bridgehead atoms. The Morgan fingerprint density at radius 2 is 1.67 bits per heavy atom. The van der Waals surface area contributed by atoms with E-state index in [1.54, 1.807) is 0 Å². The maximum Gasteiger partial charge on any atom is 0.0367 e. The van der Waals surface area contributed by atoms with Crippen LogP contribution in [0.1, 0.15) is 19.4 Å². The van der Waals surface area contributed by atoms with E-state index in [0.717, 1.165) is 23.4 Å². The predicted molar refractivity (Wildman–Crippen MR) is 53.8 cm³/mol. The average Bonchev–Trinajstić information content (AvgIpc) is 1.97. The van der Waals surface area contributed by atoms with E-state index in [-0.39, 0.29) is 0 Å². The summed E-state index contributed by atoms with van der Waals surface area (Å²) < 4.78 is 0. The number of nitrogens with two attached hydrogens (primary N) is 2. The van der Waals surface area contributed by atoms with E-state index in [1.807, 2.05) is 18.2 Å². The van der Waals surface area contributed by atoms with Gasteiger partial charge in [-0.3, -0.25) is 0 Å². The minimum Gasteiger partial charge on any atom is -0.398 e. The Morgan fingerprint density at radius 3 is 2.08 bits per heavy atom. The van der Waals surface area contributed by atoms with Gasteiger partial charge in [-0.15, -0.1) is 0 Å². The number of rotatable bonds is 2. The van der Waals surface area contributed by atoms with Gasteiger partial charge in [0.1, 0.15) is 0 Å². The van der Waals surface area contributed by atoms with Crippen molar-refractivity contribution in [1.29, 1.82) is 0 Å². The van der Waals surface area contributed by atoms with Crippen molar-refractivity contribution in [3.8, 4) is 0 Å². The zero-order chi connectivity index (χ0) is 9.14. The zero-order valence-corrected chi connectivity index (χ0v) is 7.67. The molecule has 0 unspecified atom stereocenters. The molecule has 1 aromatic carbocycles. The number of hydrogen-bond donors (Lipinski definition) is 2. The molecule has 0 radical (unpaired) electrons. The summed E-state index contributed by atoms with van der Waals surface area (Å²) in [6.45, 7) is 4.32. The van der Waals surface area contributed by atoms with Crippen molar-refractivity contribution in [2.75, 3.05) is 11.5 Å². The maximum absolute atomic E-state index is 5.79. The van der Waals surface area contributed by atoms with Gasteiger partial charge in [-0.1, -0.05) is 19.9 Å². The lowest BCUT2D eigenvalue weighted by molar-refractivity contribution is 0.649. The summed E-state index contributed by atoms with van der Waals surface area (Å²) in [5, 5.41) is 0. The van der Waals surface area contributed by atoms with Crippen LogP contribution >= 0.6 is 0 Å². The molecule has 2 nitrogen and oxygen atoms in total. The molecule has 0 aliphatic carbocycles. The Balaban J connectivity index is 2.96. The fourth-order valence-corrected chi connectivity index (χ4v) is 1.27. The SMILES string of the molecule is CC(C)Cc1c(N)cccc1N.